The molecule has 6 nitrogen and oxygen atoms in total. The van der Waals surface area contributed by atoms with Crippen LogP contribution in [0.15, 0.2) is 18.2 Å². The first kappa shape index (κ1) is 19.2. The van der Waals surface area contributed by atoms with Crippen LogP contribution in [0.5, 0.6) is 0 Å². The molecule has 3 N–H and O–H groups in total. The summed E-state index contributed by atoms with van der Waals surface area (Å²) < 4.78 is 0. The molecule has 1 heterocycles. The summed E-state index contributed by atoms with van der Waals surface area (Å²) >= 11 is 0. The second kappa shape index (κ2) is 9.42. The van der Waals surface area contributed by atoms with Gasteiger partial charge in [-0.3, -0.25) is 4.79 Å². The highest BCUT2D eigenvalue weighted by Crippen LogP contribution is 2.16. The predicted molar refractivity (Wildman–Crippen MR) is 101 cm³/mol. The molecule has 1 aromatic rings. The van der Waals surface area contributed by atoms with E-state index in [-0.39, 0.29) is 11.9 Å². The van der Waals surface area contributed by atoms with Crippen LogP contribution in [-0.4, -0.2) is 50.1 Å². The van der Waals surface area contributed by atoms with E-state index in [1.165, 1.54) is 32.4 Å². The van der Waals surface area contributed by atoms with Crippen molar-refractivity contribution in [1.82, 2.24) is 15.5 Å². The summed E-state index contributed by atoms with van der Waals surface area (Å²) in [5.74, 6) is 0.284. The molecule has 0 saturated carbocycles. The number of hydrogen-bond acceptors (Lipinski definition) is 3. The van der Waals surface area contributed by atoms with Crippen LogP contribution in [0.1, 0.15) is 42.1 Å². The van der Waals surface area contributed by atoms with E-state index in [1.54, 1.807) is 25.2 Å². The summed E-state index contributed by atoms with van der Waals surface area (Å²) in [6, 6.07) is 5.03. The molecular formula is C19H30N4O2. The van der Waals surface area contributed by atoms with Crippen LogP contribution in [-0.2, 0) is 0 Å². The molecule has 0 aliphatic carbocycles. The van der Waals surface area contributed by atoms with Crippen LogP contribution in [0.2, 0.25) is 0 Å². The Hall–Kier alpha value is -2.08. The maximum absolute atomic E-state index is 12.1. The van der Waals surface area contributed by atoms with Crippen molar-refractivity contribution < 1.29 is 9.59 Å². The summed E-state index contributed by atoms with van der Waals surface area (Å²) in [5, 5.41) is 8.39. The third kappa shape index (κ3) is 6.05. The predicted octanol–water partition coefficient (Wildman–Crippen LogP) is 2.60. The SMILES string of the molecule is CNC(=O)c1ccc(NC(=O)NCC(C)CN2CCCCC2)c(C)c1. The average molecular weight is 346 g/mol. The van der Waals surface area contributed by atoms with Crippen molar-refractivity contribution in [2.45, 2.75) is 33.1 Å². The fourth-order valence-electron chi connectivity index (χ4n) is 3.17. The number of hydrogen-bond donors (Lipinski definition) is 3. The zero-order valence-corrected chi connectivity index (χ0v) is 15.5. The topological polar surface area (TPSA) is 73.5 Å². The van der Waals surface area contributed by atoms with E-state index in [0.29, 0.717) is 23.7 Å². The number of piperidine rings is 1. The van der Waals surface area contributed by atoms with Crippen LogP contribution < -0.4 is 16.0 Å². The fourth-order valence-corrected chi connectivity index (χ4v) is 3.17. The Bertz CT molecular complexity index is 597. The minimum Gasteiger partial charge on any atom is -0.355 e. The standard InChI is InChI=1S/C19H30N4O2/c1-14(13-23-9-5-4-6-10-23)12-21-19(25)22-17-8-7-16(11-15(17)2)18(24)20-3/h7-8,11,14H,4-6,9-10,12-13H2,1-3H3,(H,20,24)(H2,21,22,25). The van der Waals surface area contributed by atoms with E-state index in [0.717, 1.165) is 12.1 Å². The first-order valence-electron chi connectivity index (χ1n) is 9.09. The Morgan fingerprint density at radius 1 is 1.20 bits per heavy atom. The highest BCUT2D eigenvalue weighted by atomic mass is 16.2. The molecule has 1 fully saturated rings. The van der Waals surface area contributed by atoms with Crippen molar-refractivity contribution in [3.8, 4) is 0 Å². The summed E-state index contributed by atoms with van der Waals surface area (Å²) in [4.78, 5) is 26.2. The van der Waals surface area contributed by atoms with Crippen LogP contribution in [0.25, 0.3) is 0 Å². The number of carbonyl (C=O) groups excluding carboxylic acids is 2. The van der Waals surface area contributed by atoms with Crippen molar-refractivity contribution in [3.63, 3.8) is 0 Å². The monoisotopic (exact) mass is 346 g/mol. The summed E-state index contributed by atoms with van der Waals surface area (Å²) in [7, 11) is 1.60. The molecule has 1 aromatic carbocycles. The van der Waals surface area contributed by atoms with Gasteiger partial charge in [0.05, 0.1) is 0 Å². The lowest BCUT2D eigenvalue weighted by atomic mass is 10.1. The Labute approximate surface area is 150 Å². The third-order valence-corrected chi connectivity index (χ3v) is 4.59. The van der Waals surface area contributed by atoms with Gasteiger partial charge in [-0.2, -0.15) is 0 Å². The molecule has 1 aliphatic rings. The number of carbonyl (C=O) groups is 2. The Balaban J connectivity index is 1.78. The summed E-state index contributed by atoms with van der Waals surface area (Å²) in [6.07, 6.45) is 3.90. The molecular weight excluding hydrogens is 316 g/mol. The number of amides is 3. The van der Waals surface area contributed by atoms with Gasteiger partial charge in [0.1, 0.15) is 0 Å². The first-order valence-corrected chi connectivity index (χ1v) is 9.09. The van der Waals surface area contributed by atoms with Crippen molar-refractivity contribution in [2.24, 2.45) is 5.92 Å². The lowest BCUT2D eigenvalue weighted by molar-refractivity contribution is 0.0963. The van der Waals surface area contributed by atoms with Gasteiger partial charge in [0.2, 0.25) is 0 Å². The molecule has 1 aliphatic heterocycles. The normalized spacial score (nSPS) is 16.1. The lowest BCUT2D eigenvalue weighted by Gasteiger charge is -2.29. The van der Waals surface area contributed by atoms with Gasteiger partial charge in [0, 0.05) is 31.4 Å². The number of rotatable bonds is 6. The second-order valence-electron chi connectivity index (χ2n) is 6.91. The number of nitrogens with one attached hydrogen (secondary N) is 3. The van der Waals surface area contributed by atoms with Crippen molar-refractivity contribution in [2.75, 3.05) is 38.5 Å². The maximum Gasteiger partial charge on any atom is 0.319 e. The number of nitrogens with zero attached hydrogens (tertiary/aromatic N) is 1. The molecule has 0 radical (unpaired) electrons. The van der Waals surface area contributed by atoms with Crippen LogP contribution in [0.3, 0.4) is 0 Å². The maximum atomic E-state index is 12.1. The van der Waals surface area contributed by atoms with Gasteiger partial charge in [-0.1, -0.05) is 13.3 Å². The zero-order chi connectivity index (χ0) is 18.2. The molecule has 138 valence electrons. The average Bonchev–Trinajstić information content (AvgIpc) is 2.62. The molecule has 0 spiro atoms. The van der Waals surface area contributed by atoms with Gasteiger partial charge in [-0.05, 0) is 62.5 Å². The van der Waals surface area contributed by atoms with Gasteiger partial charge < -0.3 is 20.9 Å². The van der Waals surface area contributed by atoms with Gasteiger partial charge >= 0.3 is 6.03 Å². The molecule has 25 heavy (non-hydrogen) atoms. The number of urea groups is 1. The highest BCUT2D eigenvalue weighted by molar-refractivity contribution is 5.96. The smallest absolute Gasteiger partial charge is 0.319 e. The number of aryl methyl sites for hydroxylation is 1. The minimum atomic E-state index is -0.207. The van der Waals surface area contributed by atoms with E-state index in [4.69, 9.17) is 0 Å². The van der Waals surface area contributed by atoms with Gasteiger partial charge in [-0.25, -0.2) is 4.79 Å². The summed E-state index contributed by atoms with van der Waals surface area (Å²) in [5.41, 5.74) is 2.16. The van der Waals surface area contributed by atoms with Crippen LogP contribution in [0.4, 0.5) is 10.5 Å². The lowest BCUT2D eigenvalue weighted by Crippen LogP contribution is -2.39. The third-order valence-electron chi connectivity index (χ3n) is 4.59. The second-order valence-corrected chi connectivity index (χ2v) is 6.91. The van der Waals surface area contributed by atoms with Crippen LogP contribution in [0, 0.1) is 12.8 Å². The molecule has 1 atom stereocenters. The molecule has 0 aromatic heterocycles. The Morgan fingerprint density at radius 2 is 1.92 bits per heavy atom. The van der Waals surface area contributed by atoms with E-state index < -0.39 is 0 Å². The Morgan fingerprint density at radius 3 is 2.56 bits per heavy atom. The van der Waals surface area contributed by atoms with Gasteiger partial charge in [0.15, 0.2) is 0 Å². The fraction of sp³-hybridized carbons (Fsp3) is 0.579. The quantitative estimate of drug-likeness (QED) is 0.741. The highest BCUT2D eigenvalue weighted by Gasteiger charge is 2.14. The van der Waals surface area contributed by atoms with E-state index in [2.05, 4.69) is 27.8 Å². The molecule has 1 saturated heterocycles. The first-order chi connectivity index (χ1) is 12.0. The van der Waals surface area contributed by atoms with Crippen molar-refractivity contribution in [3.05, 3.63) is 29.3 Å². The molecule has 0 bridgehead atoms. The Kier molecular flexibility index (Phi) is 7.25. The van der Waals surface area contributed by atoms with Crippen molar-refractivity contribution >= 4 is 17.6 Å². The molecule has 3 amide bonds. The largest absolute Gasteiger partial charge is 0.355 e. The minimum absolute atomic E-state index is 0.134. The molecule has 1 unspecified atom stereocenters. The number of likely N-dealkylation sites (tertiary alicyclic amines) is 1. The number of anilines is 1. The summed E-state index contributed by atoms with van der Waals surface area (Å²) in [6.45, 7) is 8.07. The molecule has 2 rings (SSSR count). The zero-order valence-electron chi connectivity index (χ0n) is 15.5. The van der Waals surface area contributed by atoms with E-state index in [1.807, 2.05) is 6.92 Å². The van der Waals surface area contributed by atoms with Gasteiger partial charge in [-0.15, -0.1) is 0 Å². The van der Waals surface area contributed by atoms with E-state index >= 15 is 0 Å². The number of benzene rings is 1. The van der Waals surface area contributed by atoms with Crippen LogP contribution >= 0.6 is 0 Å². The van der Waals surface area contributed by atoms with Crippen molar-refractivity contribution in [1.29, 1.82) is 0 Å². The molecule has 6 heteroatoms. The van der Waals surface area contributed by atoms with E-state index in [9.17, 15) is 9.59 Å². The van der Waals surface area contributed by atoms with Gasteiger partial charge in [0.25, 0.3) is 5.91 Å².